The minimum atomic E-state index is -4.27. The van der Waals surface area contributed by atoms with Crippen molar-refractivity contribution in [3.05, 3.63) is 35.4 Å². The summed E-state index contributed by atoms with van der Waals surface area (Å²) < 4.78 is 38.4. The molecule has 1 aromatic rings. The third kappa shape index (κ3) is 4.20. The van der Waals surface area contributed by atoms with Crippen LogP contribution in [0.2, 0.25) is 0 Å². The molecule has 5 heteroatoms. The summed E-state index contributed by atoms with van der Waals surface area (Å²) in [5.41, 5.74) is 0.161. The average Bonchev–Trinajstić information content (AvgIpc) is 2.37. The molecule has 2 rings (SSSR count). The third-order valence-electron chi connectivity index (χ3n) is 4.06. The molecule has 21 heavy (non-hydrogen) atoms. The van der Waals surface area contributed by atoms with E-state index in [0.717, 1.165) is 24.7 Å². The molecule has 1 aliphatic rings. The molecule has 0 amide bonds. The van der Waals surface area contributed by atoms with Crippen LogP contribution in [0.25, 0.3) is 0 Å². The first-order valence-electron chi connectivity index (χ1n) is 7.41. The van der Waals surface area contributed by atoms with Crippen molar-refractivity contribution in [1.82, 2.24) is 10.2 Å². The Balaban J connectivity index is 2.15. The molecule has 0 aromatic heterocycles. The lowest BCUT2D eigenvalue weighted by Crippen LogP contribution is -2.56. The third-order valence-corrected chi connectivity index (χ3v) is 4.06. The molecule has 2 unspecified atom stereocenters. The van der Waals surface area contributed by atoms with Gasteiger partial charge in [-0.1, -0.05) is 32.0 Å². The molecular formula is C16H23F3N2. The van der Waals surface area contributed by atoms with Crippen molar-refractivity contribution in [2.75, 3.05) is 13.1 Å². The van der Waals surface area contributed by atoms with Gasteiger partial charge in [-0.3, -0.25) is 4.90 Å². The van der Waals surface area contributed by atoms with Crippen molar-refractivity contribution in [3.8, 4) is 0 Å². The largest absolute Gasteiger partial charge is 0.416 e. The highest BCUT2D eigenvalue weighted by molar-refractivity contribution is 5.25. The summed E-state index contributed by atoms with van der Waals surface area (Å²) in [4.78, 5) is 2.29. The first-order valence-corrected chi connectivity index (χ1v) is 7.41. The lowest BCUT2D eigenvalue weighted by atomic mass is 9.97. The van der Waals surface area contributed by atoms with E-state index in [1.54, 1.807) is 6.07 Å². The number of hydrogen-bond acceptors (Lipinski definition) is 2. The van der Waals surface area contributed by atoms with Gasteiger partial charge in [0.2, 0.25) is 0 Å². The molecule has 1 aromatic carbocycles. The molecule has 2 atom stereocenters. The number of halogens is 3. The van der Waals surface area contributed by atoms with Crippen LogP contribution in [0.3, 0.4) is 0 Å². The topological polar surface area (TPSA) is 15.3 Å². The molecule has 1 N–H and O–H groups in total. The molecule has 1 fully saturated rings. The van der Waals surface area contributed by atoms with Gasteiger partial charge in [0, 0.05) is 31.7 Å². The Bertz CT molecular complexity index is 471. The van der Waals surface area contributed by atoms with Gasteiger partial charge in [0.25, 0.3) is 0 Å². The van der Waals surface area contributed by atoms with Gasteiger partial charge >= 0.3 is 6.18 Å². The number of piperazine rings is 1. The number of hydrogen-bond donors (Lipinski definition) is 1. The first kappa shape index (κ1) is 16.3. The van der Waals surface area contributed by atoms with E-state index in [0.29, 0.717) is 24.5 Å². The van der Waals surface area contributed by atoms with Crippen molar-refractivity contribution >= 4 is 0 Å². The fraction of sp³-hybridized carbons (Fsp3) is 0.625. The van der Waals surface area contributed by atoms with Gasteiger partial charge < -0.3 is 5.32 Å². The fourth-order valence-electron chi connectivity index (χ4n) is 2.92. The number of alkyl halides is 3. The minimum absolute atomic E-state index is 0.357. The molecule has 1 saturated heterocycles. The smallest absolute Gasteiger partial charge is 0.311 e. The fourth-order valence-corrected chi connectivity index (χ4v) is 2.92. The molecule has 0 saturated carbocycles. The van der Waals surface area contributed by atoms with Crippen LogP contribution < -0.4 is 5.32 Å². The highest BCUT2D eigenvalue weighted by Gasteiger charge is 2.31. The summed E-state index contributed by atoms with van der Waals surface area (Å²) in [6.45, 7) is 8.73. The predicted molar refractivity (Wildman–Crippen MR) is 77.9 cm³/mol. The van der Waals surface area contributed by atoms with E-state index in [1.807, 2.05) is 0 Å². The van der Waals surface area contributed by atoms with Crippen LogP contribution in [0, 0.1) is 5.92 Å². The van der Waals surface area contributed by atoms with Crippen LogP contribution in [0.4, 0.5) is 13.2 Å². The van der Waals surface area contributed by atoms with Gasteiger partial charge in [-0.2, -0.15) is 13.2 Å². The van der Waals surface area contributed by atoms with Crippen LogP contribution in [-0.2, 0) is 12.7 Å². The second-order valence-electron chi connectivity index (χ2n) is 6.25. The van der Waals surface area contributed by atoms with E-state index < -0.39 is 11.7 Å². The van der Waals surface area contributed by atoms with Crippen molar-refractivity contribution < 1.29 is 13.2 Å². The minimum Gasteiger partial charge on any atom is -0.311 e. The second kappa shape index (κ2) is 6.36. The Morgan fingerprint density at radius 3 is 2.67 bits per heavy atom. The van der Waals surface area contributed by atoms with E-state index in [9.17, 15) is 13.2 Å². The van der Waals surface area contributed by atoms with E-state index in [2.05, 4.69) is 31.0 Å². The first-order chi connectivity index (χ1) is 9.77. The number of rotatable bonds is 3. The second-order valence-corrected chi connectivity index (χ2v) is 6.25. The molecule has 2 nitrogen and oxygen atoms in total. The Hall–Kier alpha value is -1.07. The molecule has 1 heterocycles. The lowest BCUT2D eigenvalue weighted by Gasteiger charge is -2.41. The molecule has 0 aliphatic carbocycles. The molecule has 0 spiro atoms. The van der Waals surface area contributed by atoms with Crippen LogP contribution in [0.15, 0.2) is 24.3 Å². The maximum absolute atomic E-state index is 12.8. The molecule has 1 aliphatic heterocycles. The van der Waals surface area contributed by atoms with Gasteiger partial charge in [0.1, 0.15) is 0 Å². The molecule has 0 radical (unpaired) electrons. The molecule has 118 valence electrons. The number of nitrogens with zero attached hydrogens (tertiary/aromatic N) is 1. The Kier molecular flexibility index (Phi) is 4.94. The summed E-state index contributed by atoms with van der Waals surface area (Å²) in [5, 5.41) is 3.44. The highest BCUT2D eigenvalue weighted by atomic mass is 19.4. The molecular weight excluding hydrogens is 277 g/mol. The summed E-state index contributed by atoms with van der Waals surface area (Å²) in [7, 11) is 0. The zero-order chi connectivity index (χ0) is 15.6. The SMILES string of the molecule is CC1CN(Cc2cccc(C(F)(F)F)c2)C(C(C)C)CN1. The van der Waals surface area contributed by atoms with Gasteiger partial charge in [0.15, 0.2) is 0 Å². The summed E-state index contributed by atoms with van der Waals surface area (Å²) in [6.07, 6.45) is -4.27. The van der Waals surface area contributed by atoms with Gasteiger partial charge in [0.05, 0.1) is 5.56 Å². The van der Waals surface area contributed by atoms with Crippen molar-refractivity contribution in [1.29, 1.82) is 0 Å². The standard InChI is InChI=1S/C16H23F3N2/c1-11(2)15-8-20-12(3)9-21(15)10-13-5-4-6-14(7-13)16(17,18)19/h4-7,11-12,15,20H,8-10H2,1-3H3. The van der Waals surface area contributed by atoms with Gasteiger partial charge in [-0.25, -0.2) is 0 Å². The van der Waals surface area contributed by atoms with Gasteiger partial charge in [-0.05, 0) is 24.5 Å². The van der Waals surface area contributed by atoms with Crippen LogP contribution in [0.1, 0.15) is 31.9 Å². The number of benzene rings is 1. The zero-order valence-corrected chi connectivity index (χ0v) is 12.7. The Labute approximate surface area is 124 Å². The van der Waals surface area contributed by atoms with E-state index in [-0.39, 0.29) is 0 Å². The Morgan fingerprint density at radius 1 is 1.33 bits per heavy atom. The maximum Gasteiger partial charge on any atom is 0.416 e. The van der Waals surface area contributed by atoms with Crippen LogP contribution in [-0.4, -0.2) is 30.1 Å². The van der Waals surface area contributed by atoms with E-state index in [1.165, 1.54) is 12.1 Å². The van der Waals surface area contributed by atoms with Gasteiger partial charge in [-0.15, -0.1) is 0 Å². The molecule has 0 bridgehead atoms. The quantitative estimate of drug-likeness (QED) is 0.919. The normalized spacial score (nSPS) is 24.5. The summed E-state index contributed by atoms with van der Waals surface area (Å²) in [6, 6.07) is 6.39. The van der Waals surface area contributed by atoms with Crippen LogP contribution in [0.5, 0.6) is 0 Å². The monoisotopic (exact) mass is 300 g/mol. The van der Waals surface area contributed by atoms with Crippen molar-refractivity contribution in [2.24, 2.45) is 5.92 Å². The van der Waals surface area contributed by atoms with E-state index in [4.69, 9.17) is 0 Å². The summed E-state index contributed by atoms with van der Waals surface area (Å²) in [5.74, 6) is 0.468. The average molecular weight is 300 g/mol. The predicted octanol–water partition coefficient (Wildman–Crippen LogP) is 3.52. The van der Waals surface area contributed by atoms with Crippen LogP contribution >= 0.6 is 0 Å². The van der Waals surface area contributed by atoms with Crippen molar-refractivity contribution in [3.63, 3.8) is 0 Å². The highest BCUT2D eigenvalue weighted by Crippen LogP contribution is 2.30. The van der Waals surface area contributed by atoms with Crippen molar-refractivity contribution in [2.45, 2.75) is 45.6 Å². The zero-order valence-electron chi connectivity index (χ0n) is 12.7. The number of nitrogens with one attached hydrogen (secondary N) is 1. The maximum atomic E-state index is 12.8. The lowest BCUT2D eigenvalue weighted by molar-refractivity contribution is -0.137. The van der Waals surface area contributed by atoms with E-state index >= 15 is 0 Å². The Morgan fingerprint density at radius 2 is 2.05 bits per heavy atom. The summed E-state index contributed by atoms with van der Waals surface area (Å²) >= 11 is 0.